The zero-order chi connectivity index (χ0) is 19.0. The van der Waals surface area contributed by atoms with Crippen LogP contribution in [0.4, 0.5) is 5.69 Å². The Hall–Kier alpha value is -2.25. The van der Waals surface area contributed by atoms with Gasteiger partial charge in [0.1, 0.15) is 12.3 Å². The van der Waals surface area contributed by atoms with E-state index < -0.39 is 5.97 Å². The quantitative estimate of drug-likeness (QED) is 0.817. The lowest BCUT2D eigenvalue weighted by atomic mass is 10.1. The Bertz CT molecular complexity index is 888. The van der Waals surface area contributed by atoms with Crippen molar-refractivity contribution in [1.29, 1.82) is 0 Å². The van der Waals surface area contributed by atoms with Crippen LogP contribution in [0.15, 0.2) is 23.2 Å². The summed E-state index contributed by atoms with van der Waals surface area (Å²) in [5, 5.41) is 10.6. The van der Waals surface area contributed by atoms with Crippen LogP contribution < -0.4 is 4.90 Å². The first-order valence-electron chi connectivity index (χ1n) is 9.07. The molecule has 1 aromatic heterocycles. The van der Waals surface area contributed by atoms with Crippen molar-refractivity contribution in [3.8, 4) is 0 Å². The molecule has 0 saturated carbocycles. The van der Waals surface area contributed by atoms with Gasteiger partial charge < -0.3 is 24.5 Å². The molecule has 7 nitrogen and oxygen atoms in total. The van der Waals surface area contributed by atoms with Crippen molar-refractivity contribution >= 4 is 40.1 Å². The van der Waals surface area contributed by atoms with Gasteiger partial charge in [-0.15, -0.1) is 0 Å². The summed E-state index contributed by atoms with van der Waals surface area (Å²) < 4.78 is 11.1. The molecule has 0 radical (unpaired) electrons. The molecular formula is C19H22ClN3O4. The van der Waals surface area contributed by atoms with Crippen molar-refractivity contribution < 1.29 is 19.4 Å². The fraction of sp³-hybridized carbons (Fsp3) is 0.474. The van der Waals surface area contributed by atoms with Crippen LogP contribution in [0.2, 0.25) is 5.02 Å². The summed E-state index contributed by atoms with van der Waals surface area (Å²) in [5.74, 6) is -0.425. The summed E-state index contributed by atoms with van der Waals surface area (Å²) in [7, 11) is 2.08. The highest BCUT2D eigenvalue weighted by molar-refractivity contribution is 6.32. The second kappa shape index (κ2) is 7.40. The Morgan fingerprint density at radius 3 is 2.89 bits per heavy atom. The summed E-state index contributed by atoms with van der Waals surface area (Å²) in [6.45, 7) is 1.82. The highest BCUT2D eigenvalue weighted by atomic mass is 35.5. The molecule has 2 N–H and O–H groups in total. The number of hydrogen-bond donors (Lipinski definition) is 2. The Morgan fingerprint density at radius 1 is 1.37 bits per heavy atom. The van der Waals surface area contributed by atoms with Crippen LogP contribution in [-0.2, 0) is 14.3 Å². The van der Waals surface area contributed by atoms with Crippen molar-refractivity contribution in [2.24, 2.45) is 4.99 Å². The molecule has 4 rings (SSSR count). The summed E-state index contributed by atoms with van der Waals surface area (Å²) in [6, 6.07) is 5.86. The molecule has 0 amide bonds. The monoisotopic (exact) mass is 391 g/mol. The third kappa shape index (κ3) is 3.75. The molecule has 2 aliphatic rings. The number of anilines is 1. The lowest BCUT2D eigenvalue weighted by Gasteiger charge is -2.33. The lowest BCUT2D eigenvalue weighted by Crippen LogP contribution is -2.36. The van der Waals surface area contributed by atoms with Crippen molar-refractivity contribution in [3.63, 3.8) is 0 Å². The zero-order valence-electron chi connectivity index (χ0n) is 15.1. The number of fused-ring (bicyclic) bond motifs is 1. The minimum atomic E-state index is -0.877. The second-order valence-corrected chi connectivity index (χ2v) is 7.46. The number of aromatic nitrogens is 1. The average molecular weight is 392 g/mol. The number of aliphatic imine (C=N–C) groups is 1. The topological polar surface area (TPSA) is 87.2 Å². The number of carbonyl (C=O) groups is 1. The molecule has 1 atom stereocenters. The first-order valence-corrected chi connectivity index (χ1v) is 9.44. The Labute approximate surface area is 161 Å². The average Bonchev–Trinajstić information content (AvgIpc) is 3.27. The summed E-state index contributed by atoms with van der Waals surface area (Å²) in [6.07, 6.45) is 1.92. The highest BCUT2D eigenvalue weighted by Gasteiger charge is 2.25. The smallest absolute Gasteiger partial charge is 0.305 e. The Kier molecular flexibility index (Phi) is 4.97. The largest absolute Gasteiger partial charge is 0.481 e. The van der Waals surface area contributed by atoms with Crippen LogP contribution in [0.25, 0.3) is 10.9 Å². The number of benzene rings is 1. The van der Waals surface area contributed by atoms with E-state index >= 15 is 0 Å². The first kappa shape index (κ1) is 18.1. The predicted molar refractivity (Wildman–Crippen MR) is 104 cm³/mol. The maximum atomic E-state index is 10.9. The van der Waals surface area contributed by atoms with Gasteiger partial charge in [0.05, 0.1) is 23.7 Å². The van der Waals surface area contributed by atoms with E-state index in [0.29, 0.717) is 17.0 Å². The number of aromatic amines is 1. The Morgan fingerprint density at radius 2 is 2.15 bits per heavy atom. The fourth-order valence-electron chi connectivity index (χ4n) is 3.72. The molecule has 1 saturated heterocycles. The van der Waals surface area contributed by atoms with Gasteiger partial charge >= 0.3 is 5.97 Å². The number of carboxylic acid groups (broad SMARTS) is 1. The van der Waals surface area contributed by atoms with Crippen molar-refractivity contribution in [1.82, 2.24) is 4.98 Å². The summed E-state index contributed by atoms with van der Waals surface area (Å²) in [5.41, 5.74) is 2.73. The predicted octanol–water partition coefficient (Wildman–Crippen LogP) is 3.06. The van der Waals surface area contributed by atoms with Gasteiger partial charge in [-0.05, 0) is 31.0 Å². The highest BCUT2D eigenvalue weighted by Crippen LogP contribution is 2.33. The summed E-state index contributed by atoms with van der Waals surface area (Å²) >= 11 is 6.36. The molecule has 2 aliphatic heterocycles. The van der Waals surface area contributed by atoms with E-state index in [1.165, 1.54) is 0 Å². The van der Waals surface area contributed by atoms with E-state index in [2.05, 4.69) is 21.9 Å². The van der Waals surface area contributed by atoms with E-state index in [4.69, 9.17) is 26.2 Å². The molecule has 3 heterocycles. The van der Waals surface area contributed by atoms with E-state index in [9.17, 15) is 4.79 Å². The van der Waals surface area contributed by atoms with Crippen molar-refractivity contribution in [2.45, 2.75) is 31.3 Å². The van der Waals surface area contributed by atoms with Crippen molar-refractivity contribution in [3.05, 3.63) is 28.9 Å². The number of halogens is 1. The lowest BCUT2D eigenvalue weighted by molar-refractivity contribution is -0.137. The zero-order valence-corrected chi connectivity index (χ0v) is 15.8. The maximum Gasteiger partial charge on any atom is 0.305 e. The van der Waals surface area contributed by atoms with Crippen LogP contribution >= 0.6 is 11.6 Å². The van der Waals surface area contributed by atoms with Crippen LogP contribution in [-0.4, -0.2) is 60.9 Å². The second-order valence-electron chi connectivity index (χ2n) is 7.02. The van der Waals surface area contributed by atoms with Crippen LogP contribution in [0.1, 0.15) is 25.0 Å². The van der Waals surface area contributed by atoms with Crippen LogP contribution in [0.5, 0.6) is 0 Å². The summed E-state index contributed by atoms with van der Waals surface area (Å²) in [4.78, 5) is 20.9. The van der Waals surface area contributed by atoms with Crippen LogP contribution in [0, 0.1) is 0 Å². The number of ether oxygens (including phenoxy) is 2. The number of nitrogens with one attached hydrogen (secondary N) is 1. The van der Waals surface area contributed by atoms with E-state index in [1.807, 2.05) is 18.2 Å². The Balaban J connectivity index is 1.67. The molecule has 27 heavy (non-hydrogen) atoms. The number of rotatable bonds is 5. The number of H-pyrrole nitrogens is 1. The molecule has 0 aliphatic carbocycles. The number of aliphatic carboxylic acids is 1. The standard InChI is InChI=1S/C19H22ClN3O4/c1-23(14-2-4-26-5-3-14)16-8-12(20)6-11-7-15(22-18(11)16)19-21-13(10-27-19)9-17(24)25/h6-8,13-14,22H,2-5,9-10H2,1H3,(H,24,25)/t13-/m0/s1. The molecular weight excluding hydrogens is 370 g/mol. The van der Waals surface area contributed by atoms with Gasteiger partial charge in [0, 0.05) is 36.7 Å². The van der Waals surface area contributed by atoms with Gasteiger partial charge in [0.2, 0.25) is 5.90 Å². The van der Waals surface area contributed by atoms with Crippen LogP contribution in [0.3, 0.4) is 0 Å². The molecule has 144 valence electrons. The third-order valence-electron chi connectivity index (χ3n) is 5.14. The molecule has 0 unspecified atom stereocenters. The molecule has 1 fully saturated rings. The number of hydrogen-bond acceptors (Lipinski definition) is 5. The minimum absolute atomic E-state index is 0.0344. The minimum Gasteiger partial charge on any atom is -0.481 e. The molecule has 8 heteroatoms. The van der Waals surface area contributed by atoms with Gasteiger partial charge in [-0.3, -0.25) is 4.79 Å². The normalized spacial score (nSPS) is 20.5. The van der Waals surface area contributed by atoms with Gasteiger partial charge in [0.25, 0.3) is 0 Å². The molecule has 0 bridgehead atoms. The molecule has 2 aromatic rings. The van der Waals surface area contributed by atoms with E-state index in [1.54, 1.807) is 0 Å². The van der Waals surface area contributed by atoms with Gasteiger partial charge in [-0.25, -0.2) is 4.99 Å². The van der Waals surface area contributed by atoms with Gasteiger partial charge in [-0.2, -0.15) is 0 Å². The SMILES string of the molecule is CN(c1cc(Cl)cc2cc(C3=N[C@@H](CC(=O)O)CO3)[nH]c12)C1CCOCC1. The number of carboxylic acids is 1. The molecule has 0 spiro atoms. The third-order valence-corrected chi connectivity index (χ3v) is 5.36. The van der Waals surface area contributed by atoms with Gasteiger partial charge in [0.15, 0.2) is 0 Å². The first-order chi connectivity index (χ1) is 13.0. The van der Waals surface area contributed by atoms with E-state index in [-0.39, 0.29) is 19.1 Å². The van der Waals surface area contributed by atoms with E-state index in [0.717, 1.165) is 48.3 Å². The van der Waals surface area contributed by atoms with Gasteiger partial charge in [-0.1, -0.05) is 11.6 Å². The van der Waals surface area contributed by atoms with Crippen molar-refractivity contribution in [2.75, 3.05) is 31.8 Å². The molecule has 1 aromatic carbocycles. The number of nitrogens with zero attached hydrogens (tertiary/aromatic N) is 2. The maximum absolute atomic E-state index is 10.9. The fourth-order valence-corrected chi connectivity index (χ4v) is 3.94.